The number of halogens is 2. The highest BCUT2D eigenvalue weighted by atomic mass is 35.5. The van der Waals surface area contributed by atoms with Crippen LogP contribution in [-0.4, -0.2) is 63.0 Å². The van der Waals surface area contributed by atoms with E-state index < -0.39 is 5.02 Å². The second-order valence-electron chi connectivity index (χ2n) is 2.69. The highest BCUT2D eigenvalue weighted by Crippen LogP contribution is 2.01. The van der Waals surface area contributed by atoms with Crippen LogP contribution in [0.1, 0.15) is 0 Å². The van der Waals surface area contributed by atoms with E-state index in [1.807, 2.05) is 0 Å². The van der Waals surface area contributed by atoms with E-state index in [1.54, 1.807) is 0 Å². The van der Waals surface area contributed by atoms with Crippen molar-refractivity contribution in [1.82, 2.24) is 0 Å². The summed E-state index contributed by atoms with van der Waals surface area (Å²) in [6.07, 6.45) is 0. The molecule has 0 atom stereocenters. The Bertz CT molecular complexity index is 137. The third-order valence-electron chi connectivity index (χ3n) is 1.45. The van der Waals surface area contributed by atoms with Crippen LogP contribution < -0.4 is 0 Å². The lowest BCUT2D eigenvalue weighted by Gasteiger charge is -2.07. The minimum absolute atomic E-state index is 0.0330. The normalized spacial score (nSPS) is 11.2. The van der Waals surface area contributed by atoms with E-state index in [2.05, 4.69) is 0 Å². The molecular formula is C9H18Cl2O5. The van der Waals surface area contributed by atoms with Gasteiger partial charge in [0.15, 0.2) is 0 Å². The number of aliphatic hydroxyl groups is 1. The molecule has 0 rings (SSSR count). The Kier molecular flexibility index (Phi) is 13.8. The lowest BCUT2D eigenvalue weighted by molar-refractivity contribution is -0.00395. The third kappa shape index (κ3) is 14.4. The monoisotopic (exact) mass is 276 g/mol. The lowest BCUT2D eigenvalue weighted by atomic mass is 10.7. The minimum atomic E-state index is -0.802. The van der Waals surface area contributed by atoms with Crippen LogP contribution in [0.15, 0.2) is 0 Å². The van der Waals surface area contributed by atoms with Crippen molar-refractivity contribution in [3.63, 3.8) is 0 Å². The molecule has 0 heterocycles. The summed E-state index contributed by atoms with van der Waals surface area (Å²) in [5.41, 5.74) is 0. The van der Waals surface area contributed by atoms with E-state index in [1.165, 1.54) is 0 Å². The number of alkyl halides is 2. The maximum atomic E-state index is 8.41. The third-order valence-corrected chi connectivity index (χ3v) is 1.70. The molecule has 0 saturated carbocycles. The molecule has 0 amide bonds. The van der Waals surface area contributed by atoms with Crippen LogP contribution in [0.4, 0.5) is 0 Å². The molecule has 0 fully saturated rings. The highest BCUT2D eigenvalue weighted by molar-refractivity contribution is 6.43. The molecule has 0 aliphatic heterocycles. The highest BCUT2D eigenvalue weighted by Gasteiger charge is 1.96. The Hall–Kier alpha value is 0.380. The number of rotatable bonds is 12. The van der Waals surface area contributed by atoms with Gasteiger partial charge in [0.2, 0.25) is 5.02 Å². The Labute approximate surface area is 106 Å². The summed E-state index contributed by atoms with van der Waals surface area (Å²) in [4.78, 5) is 0. The molecule has 0 aliphatic rings. The van der Waals surface area contributed by atoms with Gasteiger partial charge < -0.3 is 24.1 Å². The van der Waals surface area contributed by atoms with Crippen molar-refractivity contribution in [3.8, 4) is 0 Å². The van der Waals surface area contributed by atoms with Crippen LogP contribution in [0, 0.1) is 0 Å². The van der Waals surface area contributed by atoms with E-state index in [4.69, 9.17) is 47.3 Å². The summed E-state index contributed by atoms with van der Waals surface area (Å²) in [6, 6.07) is 0. The zero-order valence-electron chi connectivity index (χ0n) is 9.07. The fourth-order valence-corrected chi connectivity index (χ4v) is 0.981. The van der Waals surface area contributed by atoms with Crippen molar-refractivity contribution in [2.75, 3.05) is 52.9 Å². The fraction of sp³-hybridized carbons (Fsp3) is 1.00. The van der Waals surface area contributed by atoms with E-state index in [9.17, 15) is 0 Å². The van der Waals surface area contributed by atoms with Gasteiger partial charge in [0.1, 0.15) is 0 Å². The standard InChI is InChI=1S/C9H18Cl2O5/c10-9(11)16-8-7-15-6-5-14-4-3-13-2-1-12/h9,12H,1-8H2. The van der Waals surface area contributed by atoms with Crippen molar-refractivity contribution in [1.29, 1.82) is 0 Å². The maximum Gasteiger partial charge on any atom is 0.206 e. The van der Waals surface area contributed by atoms with Gasteiger partial charge >= 0.3 is 0 Å². The molecule has 1 N–H and O–H groups in total. The van der Waals surface area contributed by atoms with Gasteiger partial charge in [-0.05, 0) is 0 Å². The zero-order chi connectivity index (χ0) is 12.1. The van der Waals surface area contributed by atoms with Gasteiger partial charge in [-0.2, -0.15) is 0 Å². The van der Waals surface area contributed by atoms with Crippen LogP contribution in [-0.2, 0) is 18.9 Å². The zero-order valence-corrected chi connectivity index (χ0v) is 10.6. The summed E-state index contributed by atoms with van der Waals surface area (Å²) in [5.74, 6) is 0. The molecular weight excluding hydrogens is 259 g/mol. The van der Waals surface area contributed by atoms with E-state index >= 15 is 0 Å². The topological polar surface area (TPSA) is 57.2 Å². The van der Waals surface area contributed by atoms with Gasteiger partial charge in [-0.15, -0.1) is 0 Å². The molecule has 0 spiro atoms. The van der Waals surface area contributed by atoms with Crippen molar-refractivity contribution in [3.05, 3.63) is 0 Å². The molecule has 0 unspecified atom stereocenters. The maximum absolute atomic E-state index is 8.41. The van der Waals surface area contributed by atoms with E-state index in [0.29, 0.717) is 46.2 Å². The second-order valence-corrected chi connectivity index (χ2v) is 3.71. The van der Waals surface area contributed by atoms with Gasteiger partial charge in [0.25, 0.3) is 0 Å². The molecule has 5 nitrogen and oxygen atoms in total. The summed E-state index contributed by atoms with van der Waals surface area (Å²) in [5, 5.41) is 7.61. The minimum Gasteiger partial charge on any atom is -0.394 e. The quantitative estimate of drug-likeness (QED) is 0.422. The van der Waals surface area contributed by atoms with Crippen LogP contribution in [0.2, 0.25) is 0 Å². The van der Waals surface area contributed by atoms with Crippen molar-refractivity contribution < 1.29 is 24.1 Å². The van der Waals surface area contributed by atoms with Crippen LogP contribution in [0.3, 0.4) is 0 Å². The van der Waals surface area contributed by atoms with E-state index in [0.717, 1.165) is 0 Å². The summed E-state index contributed by atoms with van der Waals surface area (Å²) in [6.45, 7) is 3.11. The number of hydrogen-bond acceptors (Lipinski definition) is 5. The first kappa shape index (κ1) is 16.4. The van der Waals surface area contributed by atoms with Crippen LogP contribution in [0.25, 0.3) is 0 Å². The first-order chi connectivity index (χ1) is 7.77. The Morgan fingerprint density at radius 2 is 1.19 bits per heavy atom. The Morgan fingerprint density at radius 1 is 0.750 bits per heavy atom. The molecule has 98 valence electrons. The molecule has 0 saturated heterocycles. The van der Waals surface area contributed by atoms with Gasteiger partial charge in [-0.25, -0.2) is 0 Å². The largest absolute Gasteiger partial charge is 0.394 e. The average Bonchev–Trinajstić information content (AvgIpc) is 2.25. The first-order valence-corrected chi connectivity index (χ1v) is 5.88. The van der Waals surface area contributed by atoms with Gasteiger partial charge in [0.05, 0.1) is 52.9 Å². The smallest absolute Gasteiger partial charge is 0.206 e. The average molecular weight is 277 g/mol. The molecule has 16 heavy (non-hydrogen) atoms. The lowest BCUT2D eigenvalue weighted by Crippen LogP contribution is -2.13. The Morgan fingerprint density at radius 3 is 1.62 bits per heavy atom. The van der Waals surface area contributed by atoms with Crippen molar-refractivity contribution in [2.45, 2.75) is 5.02 Å². The Balaban J connectivity index is 2.88. The number of hydrogen-bond donors (Lipinski definition) is 1. The van der Waals surface area contributed by atoms with Gasteiger partial charge in [0, 0.05) is 0 Å². The SMILES string of the molecule is OCCOCCOCCOCCOC(Cl)Cl. The summed E-state index contributed by atoms with van der Waals surface area (Å²) in [7, 11) is 0. The van der Waals surface area contributed by atoms with Crippen LogP contribution >= 0.6 is 23.2 Å². The van der Waals surface area contributed by atoms with Crippen molar-refractivity contribution >= 4 is 23.2 Å². The summed E-state index contributed by atoms with van der Waals surface area (Å²) < 4.78 is 20.2. The molecule has 0 aromatic rings. The second kappa shape index (κ2) is 13.4. The molecule has 0 radical (unpaired) electrons. The predicted molar refractivity (Wildman–Crippen MR) is 61.0 cm³/mol. The van der Waals surface area contributed by atoms with Gasteiger partial charge in [-0.3, -0.25) is 0 Å². The van der Waals surface area contributed by atoms with Crippen molar-refractivity contribution in [2.24, 2.45) is 0 Å². The molecule has 0 aromatic carbocycles. The fourth-order valence-electron chi connectivity index (χ4n) is 0.803. The molecule has 0 aromatic heterocycles. The molecule has 0 aliphatic carbocycles. The number of aliphatic hydroxyl groups excluding tert-OH is 1. The molecule has 0 bridgehead atoms. The van der Waals surface area contributed by atoms with E-state index in [-0.39, 0.29) is 6.61 Å². The predicted octanol–water partition coefficient (Wildman–Crippen LogP) is 0.806. The number of ether oxygens (including phenoxy) is 4. The molecule has 7 heteroatoms. The van der Waals surface area contributed by atoms with Gasteiger partial charge in [-0.1, -0.05) is 23.2 Å². The first-order valence-electron chi connectivity index (χ1n) is 5.01. The summed E-state index contributed by atoms with van der Waals surface area (Å²) >= 11 is 10.7. The van der Waals surface area contributed by atoms with Crippen LogP contribution in [0.5, 0.6) is 0 Å².